The second kappa shape index (κ2) is 10.3. The van der Waals surface area contributed by atoms with E-state index in [1.54, 1.807) is 48.5 Å². The minimum Gasteiger partial charge on any atom is -0.492 e. The highest BCUT2D eigenvalue weighted by molar-refractivity contribution is 7.99. The maximum absolute atomic E-state index is 13.6. The quantitative estimate of drug-likeness (QED) is 0.196. The summed E-state index contributed by atoms with van der Waals surface area (Å²) in [5.41, 5.74) is 0.185. The number of nitrogens with zero attached hydrogens (tertiary/aromatic N) is 2. The Balaban J connectivity index is 1.56. The number of ether oxygens (including phenoxy) is 1. The van der Waals surface area contributed by atoms with Crippen molar-refractivity contribution < 1.29 is 22.7 Å². The van der Waals surface area contributed by atoms with Crippen LogP contribution in [0.2, 0.25) is 0 Å². The van der Waals surface area contributed by atoms with E-state index in [2.05, 4.69) is 15.3 Å². The molecule has 0 radical (unpaired) electrons. The molecule has 1 amide bonds. The van der Waals surface area contributed by atoms with E-state index >= 15 is 0 Å². The van der Waals surface area contributed by atoms with Crippen molar-refractivity contribution in [1.82, 2.24) is 14.5 Å². The molecular weight excluding hydrogens is 517 g/mol. The number of para-hydroxylation sites is 3. The molecule has 38 heavy (non-hydrogen) atoms. The summed E-state index contributed by atoms with van der Waals surface area (Å²) in [6, 6.07) is 18.6. The van der Waals surface area contributed by atoms with Gasteiger partial charge in [0, 0.05) is 10.9 Å². The molecule has 7 nitrogen and oxygen atoms in total. The third kappa shape index (κ3) is 4.97. The van der Waals surface area contributed by atoms with E-state index in [0.717, 1.165) is 28.5 Å². The Kier molecular flexibility index (Phi) is 6.85. The molecule has 2 N–H and O–H groups in total. The Bertz CT molecular complexity index is 1710. The summed E-state index contributed by atoms with van der Waals surface area (Å²) < 4.78 is 47.0. The van der Waals surface area contributed by atoms with Crippen LogP contribution in [0.5, 0.6) is 5.75 Å². The number of hydrogen-bond donors (Lipinski definition) is 2. The van der Waals surface area contributed by atoms with Crippen LogP contribution in [0, 0.1) is 0 Å². The van der Waals surface area contributed by atoms with Crippen molar-refractivity contribution in [3.63, 3.8) is 0 Å². The average Bonchev–Trinajstić information content (AvgIpc) is 3.27. The summed E-state index contributed by atoms with van der Waals surface area (Å²) in [7, 11) is 0. The topological polar surface area (TPSA) is 89.0 Å². The maximum Gasteiger partial charge on any atom is 0.416 e. The fraction of sp³-hybridized carbons (Fsp3) is 0.148. The molecule has 0 unspecified atom stereocenters. The highest BCUT2D eigenvalue weighted by atomic mass is 32.2. The largest absolute Gasteiger partial charge is 0.492 e. The van der Waals surface area contributed by atoms with Crippen molar-refractivity contribution in [2.75, 3.05) is 17.7 Å². The van der Waals surface area contributed by atoms with Crippen LogP contribution < -0.4 is 15.6 Å². The number of aromatic amines is 1. The average molecular weight is 539 g/mol. The molecule has 0 spiro atoms. The first-order chi connectivity index (χ1) is 18.3. The molecule has 2 aromatic heterocycles. The Morgan fingerprint density at radius 2 is 1.84 bits per heavy atom. The van der Waals surface area contributed by atoms with E-state index in [1.165, 1.54) is 12.1 Å². The van der Waals surface area contributed by atoms with E-state index in [1.807, 2.05) is 6.92 Å². The number of fused-ring (bicyclic) bond motifs is 3. The van der Waals surface area contributed by atoms with E-state index in [0.29, 0.717) is 34.5 Å². The third-order valence-electron chi connectivity index (χ3n) is 5.72. The zero-order chi connectivity index (χ0) is 26.9. The number of H-pyrrole nitrogens is 1. The molecule has 0 aliphatic rings. The van der Waals surface area contributed by atoms with Crippen LogP contribution in [0.4, 0.5) is 18.9 Å². The number of rotatable bonds is 7. The Morgan fingerprint density at radius 3 is 2.63 bits per heavy atom. The predicted octanol–water partition coefficient (Wildman–Crippen LogP) is 6.02. The second-order valence-electron chi connectivity index (χ2n) is 8.24. The smallest absolute Gasteiger partial charge is 0.416 e. The standard InChI is InChI=1S/C27H21F3N4O3S/c1-2-37-21-13-6-5-12-20(21)31-22(35)15-38-26-33-23-18-10-3-4-11-19(18)32-24(23)25(36)34(26)17-9-7-8-16(14-17)27(28,29)30/h3-14,32H,2,15H2,1H3,(H,31,35). The molecule has 0 saturated carbocycles. The molecule has 0 fully saturated rings. The lowest BCUT2D eigenvalue weighted by Crippen LogP contribution is -2.23. The molecule has 0 aliphatic heterocycles. The molecule has 194 valence electrons. The van der Waals surface area contributed by atoms with Crippen molar-refractivity contribution in [2.24, 2.45) is 0 Å². The monoisotopic (exact) mass is 538 g/mol. The number of carbonyl (C=O) groups is 1. The van der Waals surface area contributed by atoms with Gasteiger partial charge in [0.25, 0.3) is 5.56 Å². The minimum absolute atomic E-state index is 0.0116. The number of aromatic nitrogens is 3. The van der Waals surface area contributed by atoms with Gasteiger partial charge in [0.15, 0.2) is 5.16 Å². The van der Waals surface area contributed by atoms with Crippen molar-refractivity contribution in [1.29, 1.82) is 0 Å². The zero-order valence-electron chi connectivity index (χ0n) is 20.0. The number of anilines is 1. The molecule has 0 saturated heterocycles. The van der Waals surface area contributed by atoms with Crippen molar-refractivity contribution in [3.8, 4) is 11.4 Å². The van der Waals surface area contributed by atoms with Gasteiger partial charge in [-0.15, -0.1) is 0 Å². The summed E-state index contributed by atoms with van der Waals surface area (Å²) in [6.45, 7) is 2.24. The van der Waals surface area contributed by atoms with Crippen LogP contribution in [0.25, 0.3) is 27.6 Å². The van der Waals surface area contributed by atoms with Gasteiger partial charge in [-0.1, -0.05) is 48.2 Å². The van der Waals surface area contributed by atoms with Crippen LogP contribution in [0.15, 0.2) is 82.7 Å². The predicted molar refractivity (Wildman–Crippen MR) is 141 cm³/mol. The molecule has 0 aliphatic carbocycles. The molecule has 0 bridgehead atoms. The molecule has 11 heteroatoms. The van der Waals surface area contributed by atoms with Gasteiger partial charge in [-0.25, -0.2) is 4.98 Å². The minimum atomic E-state index is -4.60. The lowest BCUT2D eigenvalue weighted by Gasteiger charge is -2.15. The SMILES string of the molecule is CCOc1ccccc1NC(=O)CSc1nc2c([nH]c3ccccc32)c(=O)n1-c1cccc(C(F)(F)F)c1. The fourth-order valence-electron chi connectivity index (χ4n) is 4.06. The van der Waals surface area contributed by atoms with E-state index in [4.69, 9.17) is 4.74 Å². The van der Waals surface area contributed by atoms with Crippen LogP contribution in [0.3, 0.4) is 0 Å². The van der Waals surface area contributed by atoms with E-state index in [9.17, 15) is 22.8 Å². The van der Waals surface area contributed by atoms with Crippen LogP contribution >= 0.6 is 11.8 Å². The van der Waals surface area contributed by atoms with Crippen molar-refractivity contribution >= 4 is 45.3 Å². The van der Waals surface area contributed by atoms with Crippen molar-refractivity contribution in [3.05, 3.63) is 88.7 Å². The summed E-state index contributed by atoms with van der Waals surface area (Å²) >= 11 is 0.947. The summed E-state index contributed by atoms with van der Waals surface area (Å²) in [4.78, 5) is 34.1. The van der Waals surface area contributed by atoms with Gasteiger partial charge in [0.1, 0.15) is 16.8 Å². The molecule has 5 rings (SSSR count). The number of halogens is 3. The van der Waals surface area contributed by atoms with Gasteiger partial charge in [-0.2, -0.15) is 13.2 Å². The van der Waals surface area contributed by atoms with Crippen LogP contribution in [-0.2, 0) is 11.0 Å². The molecule has 0 atom stereocenters. The van der Waals surface area contributed by atoms with Crippen molar-refractivity contribution in [2.45, 2.75) is 18.3 Å². The highest BCUT2D eigenvalue weighted by Crippen LogP contribution is 2.32. The molecule has 3 aromatic carbocycles. The van der Waals surface area contributed by atoms with E-state index in [-0.39, 0.29) is 22.1 Å². The van der Waals surface area contributed by atoms with E-state index < -0.39 is 23.2 Å². The van der Waals surface area contributed by atoms with Gasteiger partial charge in [-0.3, -0.25) is 14.2 Å². The summed E-state index contributed by atoms with van der Waals surface area (Å²) in [6.07, 6.45) is -4.60. The summed E-state index contributed by atoms with van der Waals surface area (Å²) in [5.74, 6) is -0.0433. The highest BCUT2D eigenvalue weighted by Gasteiger charge is 2.31. The number of thioether (sulfide) groups is 1. The van der Waals surface area contributed by atoms with Gasteiger partial charge >= 0.3 is 6.18 Å². The Labute approximate surface area is 218 Å². The first-order valence-electron chi connectivity index (χ1n) is 11.6. The summed E-state index contributed by atoms with van der Waals surface area (Å²) in [5, 5.41) is 3.55. The number of carbonyl (C=O) groups excluding carboxylic acids is 1. The van der Waals surface area contributed by atoms with Gasteiger partial charge < -0.3 is 15.0 Å². The maximum atomic E-state index is 13.6. The number of benzene rings is 3. The lowest BCUT2D eigenvalue weighted by molar-refractivity contribution is -0.137. The van der Waals surface area contributed by atoms with Gasteiger partial charge in [0.2, 0.25) is 5.91 Å². The number of hydrogen-bond acceptors (Lipinski definition) is 5. The normalized spacial score (nSPS) is 11.7. The number of alkyl halides is 3. The Morgan fingerprint density at radius 1 is 1.08 bits per heavy atom. The Hall–Kier alpha value is -4.25. The molecule has 2 heterocycles. The van der Waals surface area contributed by atoms with Crippen LogP contribution in [0.1, 0.15) is 12.5 Å². The second-order valence-corrected chi connectivity index (χ2v) is 9.19. The fourth-order valence-corrected chi connectivity index (χ4v) is 4.86. The number of nitrogens with one attached hydrogen (secondary N) is 2. The zero-order valence-corrected chi connectivity index (χ0v) is 20.8. The number of amides is 1. The van der Waals surface area contributed by atoms with Crippen LogP contribution in [-0.4, -0.2) is 32.8 Å². The lowest BCUT2D eigenvalue weighted by atomic mass is 10.2. The first-order valence-corrected chi connectivity index (χ1v) is 12.6. The molecule has 5 aromatic rings. The molecular formula is C27H21F3N4O3S. The van der Waals surface area contributed by atoms with Gasteiger partial charge in [0.05, 0.1) is 29.3 Å². The van der Waals surface area contributed by atoms with Gasteiger partial charge in [-0.05, 0) is 43.3 Å². The third-order valence-corrected chi connectivity index (χ3v) is 6.66. The first kappa shape index (κ1) is 25.4.